The Kier molecular flexibility index (Phi) is 7.07. The molecular formula is C8H10BrNaO3S. The van der Waals surface area contributed by atoms with Gasteiger partial charge in [-0.05, 0) is 12.1 Å². The van der Waals surface area contributed by atoms with E-state index in [0.29, 0.717) is 11.1 Å². The third-order valence-corrected chi connectivity index (χ3v) is 3.37. The predicted molar refractivity (Wildman–Crippen MR) is 55.8 cm³/mol. The van der Waals surface area contributed by atoms with Crippen LogP contribution in [0.15, 0.2) is 30.3 Å². The molecule has 0 atom stereocenters. The zero-order valence-corrected chi connectivity index (χ0v) is 12.2. The summed E-state index contributed by atoms with van der Waals surface area (Å²) in [6, 6.07) is 8.44. The smallest absolute Gasteiger partial charge is 1.00 e. The summed E-state index contributed by atoms with van der Waals surface area (Å²) in [4.78, 5) is 0. The summed E-state index contributed by atoms with van der Waals surface area (Å²) in [5.41, 5.74) is 0. The van der Waals surface area contributed by atoms with Gasteiger partial charge in [0, 0.05) is 5.33 Å². The molecule has 0 unspecified atom stereocenters. The normalized spacial score (nSPS) is 10.4. The number of hydrogen-bond donors (Lipinski definition) is 0. The van der Waals surface area contributed by atoms with Gasteiger partial charge >= 0.3 is 39.7 Å². The molecule has 74 valence electrons. The molecular weight excluding hydrogens is 279 g/mol. The third-order valence-electron chi connectivity index (χ3n) is 1.29. The van der Waals surface area contributed by atoms with Gasteiger partial charge in [0.2, 0.25) is 0 Å². The maximum Gasteiger partial charge on any atom is 1.00 e. The fraction of sp³-hybridized carbons (Fsp3) is 0.250. The summed E-state index contributed by atoms with van der Waals surface area (Å²) in [6.07, 6.45) is 0. The molecule has 0 aliphatic carbocycles. The molecule has 0 radical (unpaired) electrons. The van der Waals surface area contributed by atoms with Gasteiger partial charge in [0.05, 0.1) is 5.75 Å². The molecule has 0 aromatic heterocycles. The first-order valence-electron chi connectivity index (χ1n) is 3.67. The monoisotopic (exact) mass is 288 g/mol. The van der Waals surface area contributed by atoms with Crippen LogP contribution in [0.1, 0.15) is 1.43 Å². The van der Waals surface area contributed by atoms with Crippen LogP contribution in [-0.4, -0.2) is 19.5 Å². The van der Waals surface area contributed by atoms with E-state index in [1.165, 1.54) is 0 Å². The molecule has 1 aromatic carbocycles. The van der Waals surface area contributed by atoms with Crippen LogP contribution in [0.5, 0.6) is 5.75 Å². The fourth-order valence-electron chi connectivity index (χ4n) is 0.759. The molecule has 0 aliphatic heterocycles. The van der Waals surface area contributed by atoms with E-state index in [9.17, 15) is 8.42 Å². The van der Waals surface area contributed by atoms with Crippen molar-refractivity contribution in [2.24, 2.45) is 0 Å². The van der Waals surface area contributed by atoms with Gasteiger partial charge in [0.15, 0.2) is 0 Å². The molecule has 1 aromatic rings. The maximum atomic E-state index is 11.1. The average Bonchev–Trinajstić information content (AvgIpc) is 2.04. The van der Waals surface area contributed by atoms with Crippen LogP contribution in [0, 0.1) is 0 Å². The quantitative estimate of drug-likeness (QED) is 0.402. The van der Waals surface area contributed by atoms with Crippen LogP contribution >= 0.6 is 15.9 Å². The van der Waals surface area contributed by atoms with Gasteiger partial charge < -0.3 is 5.61 Å². The van der Waals surface area contributed by atoms with Crippen molar-refractivity contribution >= 4 is 26.0 Å². The minimum atomic E-state index is -3.43. The summed E-state index contributed by atoms with van der Waals surface area (Å²) in [5.74, 6) is 0.325. The minimum absolute atomic E-state index is 0. The van der Waals surface area contributed by atoms with Crippen LogP contribution < -0.4 is 33.7 Å². The van der Waals surface area contributed by atoms with Gasteiger partial charge in [-0.15, -0.1) is 0 Å². The molecule has 3 nitrogen and oxygen atoms in total. The Bertz CT molecular complexity index is 357. The van der Waals surface area contributed by atoms with E-state index in [1.807, 2.05) is 0 Å². The zero-order valence-electron chi connectivity index (χ0n) is 8.81. The first-order valence-corrected chi connectivity index (χ1v) is 6.37. The molecule has 1 rings (SSSR count). The Morgan fingerprint density at radius 2 is 1.86 bits per heavy atom. The molecule has 14 heavy (non-hydrogen) atoms. The first kappa shape index (κ1) is 14.5. The minimum Gasteiger partial charge on any atom is -1.00 e. The van der Waals surface area contributed by atoms with Crippen molar-refractivity contribution in [1.29, 1.82) is 0 Å². The van der Waals surface area contributed by atoms with Gasteiger partial charge in [-0.3, -0.25) is 0 Å². The molecule has 0 heterocycles. The van der Waals surface area contributed by atoms with Crippen molar-refractivity contribution in [3.8, 4) is 5.75 Å². The van der Waals surface area contributed by atoms with Crippen molar-refractivity contribution in [3.63, 3.8) is 0 Å². The Hall–Kier alpha value is 0.450. The number of rotatable bonds is 4. The summed E-state index contributed by atoms with van der Waals surface area (Å²) < 4.78 is 27.1. The van der Waals surface area contributed by atoms with E-state index in [-0.39, 0.29) is 36.7 Å². The van der Waals surface area contributed by atoms with Gasteiger partial charge in [-0.1, -0.05) is 34.1 Å². The number of benzene rings is 1. The number of hydrogen-bond acceptors (Lipinski definition) is 3. The molecule has 0 spiro atoms. The average molecular weight is 289 g/mol. The van der Waals surface area contributed by atoms with Crippen LogP contribution in [0.25, 0.3) is 0 Å². The van der Waals surface area contributed by atoms with Crippen molar-refractivity contribution in [2.45, 2.75) is 0 Å². The van der Waals surface area contributed by atoms with Crippen molar-refractivity contribution < 1.29 is 43.6 Å². The van der Waals surface area contributed by atoms with Crippen molar-refractivity contribution in [3.05, 3.63) is 30.3 Å². The molecule has 0 fully saturated rings. The zero-order chi connectivity index (χ0) is 9.73. The van der Waals surface area contributed by atoms with Gasteiger partial charge in [0.25, 0.3) is 0 Å². The molecule has 0 amide bonds. The maximum absolute atomic E-state index is 11.1. The standard InChI is InChI=1S/C8H9BrO3S.Na.H/c9-6-7-13(10,11)12-8-4-2-1-3-5-8;;/h1-5H,6-7H2;;/q;+1;-1. The van der Waals surface area contributed by atoms with Crippen LogP contribution in [0.4, 0.5) is 0 Å². The van der Waals surface area contributed by atoms with Gasteiger partial charge in [-0.2, -0.15) is 8.42 Å². The number of halogens is 1. The van der Waals surface area contributed by atoms with Gasteiger partial charge in [0.1, 0.15) is 5.75 Å². The summed E-state index contributed by atoms with van der Waals surface area (Å²) >= 11 is 3.04. The van der Waals surface area contributed by atoms with Crippen molar-refractivity contribution in [1.82, 2.24) is 0 Å². The fourth-order valence-corrected chi connectivity index (χ4v) is 2.62. The number of para-hydroxylation sites is 1. The Balaban J connectivity index is 0. The second-order valence-corrected chi connectivity index (χ2v) is 4.83. The molecule has 6 heteroatoms. The van der Waals surface area contributed by atoms with Crippen molar-refractivity contribution in [2.75, 3.05) is 11.1 Å². The Morgan fingerprint density at radius 1 is 1.29 bits per heavy atom. The molecule has 0 N–H and O–H groups in total. The van der Waals surface area contributed by atoms with E-state index >= 15 is 0 Å². The second-order valence-electron chi connectivity index (χ2n) is 2.35. The van der Waals surface area contributed by atoms with E-state index in [4.69, 9.17) is 4.18 Å². The Morgan fingerprint density at radius 3 is 2.36 bits per heavy atom. The summed E-state index contributed by atoms with van der Waals surface area (Å²) in [7, 11) is -3.43. The van der Waals surface area contributed by atoms with Crippen LogP contribution in [-0.2, 0) is 10.1 Å². The largest absolute Gasteiger partial charge is 1.00 e. The first-order chi connectivity index (χ1) is 6.14. The van der Waals surface area contributed by atoms with E-state index in [0.717, 1.165) is 0 Å². The van der Waals surface area contributed by atoms with Crippen LogP contribution in [0.3, 0.4) is 0 Å². The molecule has 0 saturated carbocycles. The summed E-state index contributed by atoms with van der Waals surface area (Å²) in [5, 5.41) is 0.377. The summed E-state index contributed by atoms with van der Waals surface area (Å²) in [6.45, 7) is 0. The molecule has 0 bridgehead atoms. The van der Waals surface area contributed by atoms with E-state index in [1.54, 1.807) is 30.3 Å². The third kappa shape index (κ3) is 5.36. The number of alkyl halides is 1. The predicted octanol–water partition coefficient (Wildman–Crippen LogP) is -1.09. The topological polar surface area (TPSA) is 43.4 Å². The molecule has 0 aliphatic rings. The SMILES string of the molecule is O=S(=O)(CCBr)Oc1ccccc1.[H-].[Na+]. The second kappa shape index (κ2) is 6.85. The Labute approximate surface area is 116 Å². The molecule has 0 saturated heterocycles. The van der Waals surface area contributed by atoms with E-state index < -0.39 is 10.1 Å². The van der Waals surface area contributed by atoms with E-state index in [2.05, 4.69) is 15.9 Å². The van der Waals surface area contributed by atoms with Crippen LogP contribution in [0.2, 0.25) is 0 Å². The van der Waals surface area contributed by atoms with Gasteiger partial charge in [-0.25, -0.2) is 0 Å².